The fraction of sp³-hybridized carbons (Fsp3) is 0.429. The Morgan fingerprint density at radius 1 is 1.12 bits per heavy atom. The van der Waals surface area contributed by atoms with Gasteiger partial charge in [-0.25, -0.2) is 9.37 Å². The summed E-state index contributed by atoms with van der Waals surface area (Å²) in [6, 6.07) is 11.1. The van der Waals surface area contributed by atoms with Crippen LogP contribution in [0.3, 0.4) is 0 Å². The second kappa shape index (κ2) is 7.06. The third-order valence-electron chi connectivity index (χ3n) is 4.92. The van der Waals surface area contributed by atoms with Gasteiger partial charge >= 0.3 is 0 Å². The largest absolute Gasteiger partial charge is 0.350 e. The van der Waals surface area contributed by atoms with Crippen LogP contribution in [0.4, 0.5) is 10.2 Å². The Bertz CT molecular complexity index is 765. The molecule has 138 valence electrons. The quantitative estimate of drug-likeness (QED) is 0.820. The molecule has 0 saturated carbocycles. The lowest BCUT2D eigenvalue weighted by Crippen LogP contribution is -2.54. The van der Waals surface area contributed by atoms with Crippen LogP contribution in [0.5, 0.6) is 0 Å². The van der Waals surface area contributed by atoms with Gasteiger partial charge in [-0.1, -0.05) is 32.9 Å². The summed E-state index contributed by atoms with van der Waals surface area (Å²) in [6.07, 6.45) is 1.23. The zero-order valence-electron chi connectivity index (χ0n) is 15.9. The summed E-state index contributed by atoms with van der Waals surface area (Å²) < 4.78 is 13.1. The standard InChI is InChI=1S/C21H26FN3O/c1-15-14-24(11-12-25(15)19-10-9-18(22)13-23-19)20(26)16-5-7-17(8-6-16)21(2,3)4/h5-10,13,15H,11-12,14H2,1-4H3. The van der Waals surface area contributed by atoms with Crippen LogP contribution in [0.2, 0.25) is 0 Å². The van der Waals surface area contributed by atoms with Crippen LogP contribution in [-0.2, 0) is 5.41 Å². The number of aromatic nitrogens is 1. The zero-order chi connectivity index (χ0) is 18.9. The van der Waals surface area contributed by atoms with E-state index >= 15 is 0 Å². The van der Waals surface area contributed by atoms with Gasteiger partial charge in [-0.15, -0.1) is 0 Å². The van der Waals surface area contributed by atoms with E-state index in [0.717, 1.165) is 11.4 Å². The van der Waals surface area contributed by atoms with Crippen molar-refractivity contribution in [1.29, 1.82) is 0 Å². The molecule has 1 unspecified atom stereocenters. The van der Waals surface area contributed by atoms with Gasteiger partial charge in [0.1, 0.15) is 11.6 Å². The summed E-state index contributed by atoms with van der Waals surface area (Å²) in [7, 11) is 0. The Morgan fingerprint density at radius 2 is 1.81 bits per heavy atom. The number of amides is 1. The molecule has 4 nitrogen and oxygen atoms in total. The molecule has 0 N–H and O–H groups in total. The van der Waals surface area contributed by atoms with Gasteiger partial charge in [0.2, 0.25) is 0 Å². The number of pyridine rings is 1. The van der Waals surface area contributed by atoms with Crippen molar-refractivity contribution in [1.82, 2.24) is 9.88 Å². The molecule has 0 radical (unpaired) electrons. The Kier molecular flexibility index (Phi) is 4.99. The number of carbonyl (C=O) groups excluding carboxylic acids is 1. The predicted octanol–water partition coefficient (Wildman–Crippen LogP) is 3.87. The Balaban J connectivity index is 1.68. The highest BCUT2D eigenvalue weighted by molar-refractivity contribution is 5.94. The smallest absolute Gasteiger partial charge is 0.253 e. The summed E-state index contributed by atoms with van der Waals surface area (Å²) in [5.41, 5.74) is 2.01. The van der Waals surface area contributed by atoms with Gasteiger partial charge in [0.25, 0.3) is 5.91 Å². The molecule has 2 aromatic rings. The number of rotatable bonds is 2. The Hall–Kier alpha value is -2.43. The number of hydrogen-bond acceptors (Lipinski definition) is 3. The molecule has 1 saturated heterocycles. The van der Waals surface area contributed by atoms with Crippen LogP contribution in [0.25, 0.3) is 0 Å². The molecule has 1 amide bonds. The molecule has 0 aliphatic carbocycles. The molecule has 5 heteroatoms. The predicted molar refractivity (Wildman–Crippen MR) is 102 cm³/mol. The van der Waals surface area contributed by atoms with E-state index in [-0.39, 0.29) is 23.2 Å². The van der Waals surface area contributed by atoms with E-state index in [1.54, 1.807) is 6.07 Å². The maximum absolute atomic E-state index is 13.1. The van der Waals surface area contributed by atoms with Crippen LogP contribution >= 0.6 is 0 Å². The van der Waals surface area contributed by atoms with Crippen molar-refractivity contribution in [3.8, 4) is 0 Å². The number of benzene rings is 1. The van der Waals surface area contributed by atoms with Gasteiger partial charge in [0.05, 0.1) is 6.20 Å². The lowest BCUT2D eigenvalue weighted by molar-refractivity contribution is 0.0726. The van der Waals surface area contributed by atoms with E-state index in [1.165, 1.54) is 17.8 Å². The van der Waals surface area contributed by atoms with Crippen molar-refractivity contribution in [3.05, 3.63) is 59.5 Å². The maximum atomic E-state index is 13.1. The fourth-order valence-electron chi connectivity index (χ4n) is 3.32. The molecule has 1 aliphatic heterocycles. The van der Waals surface area contributed by atoms with E-state index in [1.807, 2.05) is 29.2 Å². The minimum absolute atomic E-state index is 0.0593. The highest BCUT2D eigenvalue weighted by atomic mass is 19.1. The minimum atomic E-state index is -0.339. The maximum Gasteiger partial charge on any atom is 0.253 e. The number of anilines is 1. The molecule has 1 fully saturated rings. The van der Waals surface area contributed by atoms with Crippen LogP contribution < -0.4 is 4.90 Å². The number of hydrogen-bond donors (Lipinski definition) is 0. The topological polar surface area (TPSA) is 36.4 Å². The second-order valence-electron chi connectivity index (χ2n) is 7.96. The van der Waals surface area contributed by atoms with Crippen molar-refractivity contribution in [3.63, 3.8) is 0 Å². The van der Waals surface area contributed by atoms with Crippen LogP contribution in [-0.4, -0.2) is 41.5 Å². The first-order valence-corrected chi connectivity index (χ1v) is 9.04. The number of halogens is 1. The summed E-state index contributed by atoms with van der Waals surface area (Å²) in [5.74, 6) is 0.471. The summed E-state index contributed by atoms with van der Waals surface area (Å²) in [4.78, 5) is 21.0. The number of carbonyl (C=O) groups is 1. The molecule has 0 spiro atoms. The van der Waals surface area contributed by atoms with Crippen LogP contribution in [0.15, 0.2) is 42.6 Å². The number of nitrogens with zero attached hydrogens (tertiary/aromatic N) is 3. The van der Waals surface area contributed by atoms with E-state index in [0.29, 0.717) is 19.6 Å². The lowest BCUT2D eigenvalue weighted by Gasteiger charge is -2.40. The summed E-state index contributed by atoms with van der Waals surface area (Å²) >= 11 is 0. The average Bonchev–Trinajstić information content (AvgIpc) is 2.61. The minimum Gasteiger partial charge on any atom is -0.350 e. The van der Waals surface area contributed by atoms with E-state index in [2.05, 4.69) is 37.6 Å². The van der Waals surface area contributed by atoms with Gasteiger partial charge in [-0.05, 0) is 42.2 Å². The average molecular weight is 355 g/mol. The molecule has 3 rings (SSSR count). The molecule has 1 atom stereocenters. The van der Waals surface area contributed by atoms with Crippen LogP contribution in [0.1, 0.15) is 43.6 Å². The molecule has 1 aromatic heterocycles. The Morgan fingerprint density at radius 3 is 2.35 bits per heavy atom. The first kappa shape index (κ1) is 18.4. The Labute approximate surface area is 154 Å². The van der Waals surface area contributed by atoms with Crippen molar-refractivity contribution < 1.29 is 9.18 Å². The molecule has 1 aliphatic rings. The fourth-order valence-corrected chi connectivity index (χ4v) is 3.32. The van der Waals surface area contributed by atoms with E-state index in [4.69, 9.17) is 0 Å². The first-order chi connectivity index (χ1) is 12.3. The highest BCUT2D eigenvalue weighted by Crippen LogP contribution is 2.23. The first-order valence-electron chi connectivity index (χ1n) is 9.04. The van der Waals surface area contributed by atoms with Gasteiger partial charge < -0.3 is 9.80 Å². The van der Waals surface area contributed by atoms with Crippen molar-refractivity contribution in [2.24, 2.45) is 0 Å². The second-order valence-corrected chi connectivity index (χ2v) is 7.96. The monoisotopic (exact) mass is 355 g/mol. The van der Waals surface area contributed by atoms with Crippen LogP contribution in [0, 0.1) is 5.82 Å². The molecular weight excluding hydrogens is 329 g/mol. The lowest BCUT2D eigenvalue weighted by atomic mass is 9.86. The molecule has 1 aromatic carbocycles. The van der Waals surface area contributed by atoms with E-state index < -0.39 is 0 Å². The van der Waals surface area contributed by atoms with Gasteiger partial charge in [-0.3, -0.25) is 4.79 Å². The third kappa shape index (κ3) is 3.87. The number of piperazine rings is 1. The summed E-state index contributed by atoms with van der Waals surface area (Å²) in [5, 5.41) is 0. The highest BCUT2D eigenvalue weighted by Gasteiger charge is 2.28. The van der Waals surface area contributed by atoms with Crippen molar-refractivity contribution >= 4 is 11.7 Å². The molecule has 0 bridgehead atoms. The normalized spacial score (nSPS) is 18.1. The molecule has 2 heterocycles. The van der Waals surface area contributed by atoms with E-state index in [9.17, 15) is 9.18 Å². The summed E-state index contributed by atoms with van der Waals surface area (Å²) in [6.45, 7) is 10.5. The van der Waals surface area contributed by atoms with Crippen molar-refractivity contribution in [2.75, 3.05) is 24.5 Å². The molecule has 26 heavy (non-hydrogen) atoms. The van der Waals surface area contributed by atoms with Crippen molar-refractivity contribution in [2.45, 2.75) is 39.2 Å². The zero-order valence-corrected chi connectivity index (χ0v) is 15.9. The van der Waals surface area contributed by atoms with Gasteiger partial charge in [-0.2, -0.15) is 0 Å². The molecular formula is C21H26FN3O. The third-order valence-corrected chi connectivity index (χ3v) is 4.92. The van der Waals surface area contributed by atoms with Gasteiger partial charge in [0, 0.05) is 31.2 Å². The SMILES string of the molecule is CC1CN(C(=O)c2ccc(C(C)(C)C)cc2)CCN1c1ccc(F)cn1. The van der Waals surface area contributed by atoms with Gasteiger partial charge in [0.15, 0.2) is 0 Å².